The van der Waals surface area contributed by atoms with Gasteiger partial charge in [0, 0.05) is 11.1 Å². The van der Waals surface area contributed by atoms with Crippen LogP contribution in [-0.4, -0.2) is 12.5 Å². The number of nitrogens with two attached hydrogens (primary N) is 1. The van der Waals surface area contributed by atoms with Gasteiger partial charge in [0.25, 0.3) is 0 Å². The Hall–Kier alpha value is -1.03. The van der Waals surface area contributed by atoms with Crippen molar-refractivity contribution < 1.29 is 4.79 Å². The average Bonchev–Trinajstić information content (AvgIpc) is 2.31. The molecule has 0 aliphatic rings. The largest absolute Gasteiger partial charge is 0.375 e. The van der Waals surface area contributed by atoms with Crippen LogP contribution in [-0.2, 0) is 4.79 Å². The van der Waals surface area contributed by atoms with Gasteiger partial charge in [-0.1, -0.05) is 0 Å². The Morgan fingerprint density at radius 1 is 1.73 bits per heavy atom. The van der Waals surface area contributed by atoms with Gasteiger partial charge in [-0.15, -0.1) is 11.3 Å². The molecule has 1 aromatic heterocycles. The van der Waals surface area contributed by atoms with Crippen molar-refractivity contribution in [1.29, 1.82) is 0 Å². The summed E-state index contributed by atoms with van der Waals surface area (Å²) in [6.45, 7) is 2.19. The molecule has 4 heteroatoms. The number of anilines is 1. The molecular formula is C7H10N2OS. The van der Waals surface area contributed by atoms with E-state index in [-0.39, 0.29) is 12.5 Å². The minimum atomic E-state index is -0.337. The normalized spacial score (nSPS) is 9.55. The quantitative estimate of drug-likeness (QED) is 0.709. The van der Waals surface area contributed by atoms with Crippen molar-refractivity contribution in [3.05, 3.63) is 16.3 Å². The maximum absolute atomic E-state index is 10.4. The number of aryl methyl sites for hydroxylation is 1. The molecule has 1 heterocycles. The number of hydrogen-bond acceptors (Lipinski definition) is 3. The van der Waals surface area contributed by atoms with Crippen LogP contribution < -0.4 is 11.1 Å². The van der Waals surface area contributed by atoms with Crippen LogP contribution in [0.2, 0.25) is 0 Å². The lowest BCUT2D eigenvalue weighted by Gasteiger charge is -2.00. The molecular weight excluding hydrogens is 160 g/mol. The molecule has 0 radical (unpaired) electrons. The van der Waals surface area contributed by atoms with E-state index >= 15 is 0 Å². The SMILES string of the molecule is Cc1cscc1NCC(N)=O. The Morgan fingerprint density at radius 2 is 2.45 bits per heavy atom. The second kappa shape index (κ2) is 3.39. The van der Waals surface area contributed by atoms with E-state index in [0.717, 1.165) is 11.3 Å². The lowest BCUT2D eigenvalue weighted by molar-refractivity contribution is -0.116. The van der Waals surface area contributed by atoms with Gasteiger partial charge >= 0.3 is 0 Å². The molecule has 0 saturated carbocycles. The third-order valence-electron chi connectivity index (χ3n) is 1.31. The lowest BCUT2D eigenvalue weighted by Crippen LogP contribution is -2.21. The minimum Gasteiger partial charge on any atom is -0.375 e. The summed E-state index contributed by atoms with van der Waals surface area (Å²) in [4.78, 5) is 10.4. The second-order valence-electron chi connectivity index (χ2n) is 2.29. The number of carbonyl (C=O) groups excluding carboxylic acids is 1. The van der Waals surface area contributed by atoms with Crippen LogP contribution in [0.3, 0.4) is 0 Å². The molecule has 0 aromatic carbocycles. The Kier molecular flexibility index (Phi) is 2.48. The van der Waals surface area contributed by atoms with Crippen LogP contribution in [0.25, 0.3) is 0 Å². The van der Waals surface area contributed by atoms with Gasteiger partial charge in [-0.3, -0.25) is 4.79 Å². The van der Waals surface area contributed by atoms with Gasteiger partial charge in [-0.2, -0.15) is 0 Å². The lowest BCUT2D eigenvalue weighted by atomic mass is 10.3. The Labute approximate surface area is 69.2 Å². The van der Waals surface area contributed by atoms with Crippen LogP contribution in [0, 0.1) is 6.92 Å². The summed E-state index contributed by atoms with van der Waals surface area (Å²) >= 11 is 1.60. The van der Waals surface area contributed by atoms with Crippen LogP contribution in [0.1, 0.15) is 5.56 Å². The summed E-state index contributed by atoms with van der Waals surface area (Å²) in [6.07, 6.45) is 0. The van der Waals surface area contributed by atoms with E-state index in [4.69, 9.17) is 5.73 Å². The molecule has 0 fully saturated rings. The highest BCUT2D eigenvalue weighted by Gasteiger charge is 1.98. The highest BCUT2D eigenvalue weighted by atomic mass is 32.1. The van der Waals surface area contributed by atoms with Gasteiger partial charge < -0.3 is 11.1 Å². The first-order valence-corrected chi connectivity index (χ1v) is 4.19. The molecule has 0 unspecified atom stereocenters. The van der Waals surface area contributed by atoms with Gasteiger partial charge in [0.1, 0.15) is 0 Å². The monoisotopic (exact) mass is 170 g/mol. The minimum absolute atomic E-state index is 0.206. The predicted molar refractivity (Wildman–Crippen MR) is 46.7 cm³/mol. The Morgan fingerprint density at radius 3 is 2.91 bits per heavy atom. The summed E-state index contributed by atoms with van der Waals surface area (Å²) in [5, 5.41) is 6.90. The molecule has 3 nitrogen and oxygen atoms in total. The van der Waals surface area contributed by atoms with E-state index in [1.165, 1.54) is 0 Å². The zero-order valence-corrected chi connectivity index (χ0v) is 7.07. The van der Waals surface area contributed by atoms with E-state index < -0.39 is 0 Å². The topological polar surface area (TPSA) is 55.1 Å². The van der Waals surface area contributed by atoms with Gasteiger partial charge in [0.05, 0.1) is 6.54 Å². The first-order valence-electron chi connectivity index (χ1n) is 3.25. The first kappa shape index (κ1) is 8.07. The fourth-order valence-corrected chi connectivity index (χ4v) is 1.53. The Bertz CT molecular complexity index is 257. The fraction of sp³-hybridized carbons (Fsp3) is 0.286. The smallest absolute Gasteiger partial charge is 0.236 e. The second-order valence-corrected chi connectivity index (χ2v) is 3.03. The molecule has 1 rings (SSSR count). The van der Waals surface area contributed by atoms with Crippen molar-refractivity contribution in [3.8, 4) is 0 Å². The number of carbonyl (C=O) groups is 1. The van der Waals surface area contributed by atoms with Crippen molar-refractivity contribution in [2.45, 2.75) is 6.92 Å². The number of primary amides is 1. The number of nitrogens with one attached hydrogen (secondary N) is 1. The van der Waals surface area contributed by atoms with Crippen molar-refractivity contribution >= 4 is 22.9 Å². The van der Waals surface area contributed by atoms with Crippen LogP contribution in [0.15, 0.2) is 10.8 Å². The van der Waals surface area contributed by atoms with Crippen LogP contribution >= 0.6 is 11.3 Å². The van der Waals surface area contributed by atoms with Gasteiger partial charge in [-0.25, -0.2) is 0 Å². The third kappa shape index (κ3) is 2.23. The number of rotatable bonds is 3. The summed E-state index contributed by atoms with van der Waals surface area (Å²) < 4.78 is 0. The molecule has 3 N–H and O–H groups in total. The zero-order valence-electron chi connectivity index (χ0n) is 6.26. The molecule has 0 aliphatic heterocycles. The Balaban J connectivity index is 2.51. The standard InChI is InChI=1S/C7H10N2OS/c1-5-3-11-4-6(5)9-2-7(8)10/h3-4,9H,2H2,1H3,(H2,8,10). The van der Waals surface area contributed by atoms with Crippen molar-refractivity contribution in [1.82, 2.24) is 0 Å². The first-order chi connectivity index (χ1) is 5.20. The average molecular weight is 170 g/mol. The molecule has 11 heavy (non-hydrogen) atoms. The molecule has 0 spiro atoms. The van der Waals surface area contributed by atoms with E-state index in [2.05, 4.69) is 5.32 Å². The summed E-state index contributed by atoms with van der Waals surface area (Å²) in [6, 6.07) is 0. The third-order valence-corrected chi connectivity index (χ3v) is 2.17. The summed E-state index contributed by atoms with van der Waals surface area (Å²) in [5.74, 6) is -0.337. The van der Waals surface area contributed by atoms with E-state index in [0.29, 0.717) is 0 Å². The van der Waals surface area contributed by atoms with Crippen molar-refractivity contribution in [2.75, 3.05) is 11.9 Å². The van der Waals surface area contributed by atoms with Gasteiger partial charge in [0.2, 0.25) is 5.91 Å². The molecule has 1 aromatic rings. The highest BCUT2D eigenvalue weighted by Crippen LogP contribution is 2.18. The highest BCUT2D eigenvalue weighted by molar-refractivity contribution is 7.08. The molecule has 60 valence electrons. The molecule has 0 aliphatic carbocycles. The van der Waals surface area contributed by atoms with Gasteiger partial charge in [0.15, 0.2) is 0 Å². The number of hydrogen-bond donors (Lipinski definition) is 2. The molecule has 0 bridgehead atoms. The predicted octanol–water partition coefficient (Wildman–Crippen LogP) is 0.954. The van der Waals surface area contributed by atoms with Crippen molar-refractivity contribution in [2.24, 2.45) is 5.73 Å². The van der Waals surface area contributed by atoms with Crippen LogP contribution in [0.5, 0.6) is 0 Å². The molecule has 1 amide bonds. The van der Waals surface area contributed by atoms with Crippen LogP contribution in [0.4, 0.5) is 5.69 Å². The number of amides is 1. The number of thiophene rings is 1. The molecule has 0 atom stereocenters. The fourth-order valence-electron chi connectivity index (χ4n) is 0.724. The van der Waals surface area contributed by atoms with E-state index in [1.807, 2.05) is 17.7 Å². The summed E-state index contributed by atoms with van der Waals surface area (Å²) in [5.41, 5.74) is 7.10. The van der Waals surface area contributed by atoms with Gasteiger partial charge in [-0.05, 0) is 17.9 Å². The zero-order chi connectivity index (χ0) is 8.27. The molecule has 0 saturated heterocycles. The van der Waals surface area contributed by atoms with Crippen molar-refractivity contribution in [3.63, 3.8) is 0 Å². The van der Waals surface area contributed by atoms with E-state index in [1.54, 1.807) is 11.3 Å². The van der Waals surface area contributed by atoms with E-state index in [9.17, 15) is 4.79 Å². The maximum Gasteiger partial charge on any atom is 0.236 e. The maximum atomic E-state index is 10.4. The summed E-state index contributed by atoms with van der Waals surface area (Å²) in [7, 11) is 0.